The molecule has 3 N–H and O–H groups in total. The molecule has 2 amide bonds. The number of benzene rings is 1. The monoisotopic (exact) mass is 461 g/mol. The average Bonchev–Trinajstić information content (AvgIpc) is 3.23. The van der Waals surface area contributed by atoms with Gasteiger partial charge >= 0.3 is 0 Å². The number of hydrogen-bond acceptors (Lipinski definition) is 5. The number of ether oxygens (including phenoxy) is 1. The Morgan fingerprint density at radius 1 is 1.38 bits per heavy atom. The zero-order valence-electron chi connectivity index (χ0n) is 20.2. The highest BCUT2D eigenvalue weighted by Gasteiger charge is 2.32. The third kappa shape index (κ3) is 6.73. The number of terminal acetylenes is 1. The molecule has 0 fully saturated rings. The van der Waals surface area contributed by atoms with E-state index < -0.39 is 23.4 Å². The van der Waals surface area contributed by atoms with Gasteiger partial charge in [0.2, 0.25) is 5.91 Å². The van der Waals surface area contributed by atoms with Crippen molar-refractivity contribution in [2.75, 3.05) is 14.2 Å². The number of nitrogens with zero attached hydrogens (tertiary/aromatic N) is 2. The highest BCUT2D eigenvalue weighted by Crippen LogP contribution is 2.26. The zero-order valence-corrected chi connectivity index (χ0v) is 20.2. The van der Waals surface area contributed by atoms with Gasteiger partial charge in [-0.3, -0.25) is 14.6 Å². The summed E-state index contributed by atoms with van der Waals surface area (Å²) < 4.78 is 5.35. The van der Waals surface area contributed by atoms with Crippen molar-refractivity contribution >= 4 is 28.9 Å². The van der Waals surface area contributed by atoms with Crippen LogP contribution in [0.2, 0.25) is 0 Å². The molecule has 0 saturated heterocycles. The van der Waals surface area contributed by atoms with Crippen molar-refractivity contribution in [3.05, 3.63) is 41.6 Å². The molecule has 1 aromatic heterocycles. The fraction of sp³-hybridized carbons (Fsp3) is 0.385. The van der Waals surface area contributed by atoms with Gasteiger partial charge in [-0.05, 0) is 49.1 Å². The molecule has 0 radical (unpaired) electrons. The van der Waals surface area contributed by atoms with Crippen molar-refractivity contribution in [2.45, 2.75) is 45.2 Å². The molecular formula is C26H31N5O3. The predicted octanol–water partition coefficient (Wildman–Crippen LogP) is 3.37. The molecule has 178 valence electrons. The van der Waals surface area contributed by atoms with Gasteiger partial charge in [0.05, 0.1) is 13.2 Å². The largest absolute Gasteiger partial charge is 0.496 e. The fourth-order valence-electron chi connectivity index (χ4n) is 3.65. The normalized spacial score (nSPS) is 14.3. The number of rotatable bonds is 10. The SMILES string of the molecule is C#C/C=C(\C=NC)CC(C)(C#N)NC(=O)C(CC(C)C)NC(=O)c1cc2c(OC)cccc2[nH]1. The van der Waals surface area contributed by atoms with Crippen LogP contribution in [0.3, 0.4) is 0 Å². The fourth-order valence-corrected chi connectivity index (χ4v) is 3.65. The van der Waals surface area contributed by atoms with Crippen LogP contribution in [-0.4, -0.2) is 48.8 Å². The van der Waals surface area contributed by atoms with Crippen LogP contribution in [0.5, 0.6) is 5.75 Å². The highest BCUT2D eigenvalue weighted by molar-refractivity contribution is 6.01. The van der Waals surface area contributed by atoms with E-state index in [2.05, 4.69) is 32.6 Å². The first-order chi connectivity index (χ1) is 16.2. The molecule has 0 saturated carbocycles. The van der Waals surface area contributed by atoms with Crippen LogP contribution in [0.15, 0.2) is 40.9 Å². The Morgan fingerprint density at radius 3 is 2.71 bits per heavy atom. The standard InChI is InChI=1S/C26H31N5O3/c1-7-9-18(15-28-5)14-26(4,16-27)31-25(33)21(12-17(2)3)30-24(32)22-13-19-20(29-22)10-8-11-23(19)34-6/h1,8-11,13,15,17,21,29H,12,14H2,2-6H3,(H,30,32)(H,31,33)/b18-9-,28-15?. The summed E-state index contributed by atoms with van der Waals surface area (Å²) in [6.07, 6.45) is 8.99. The molecule has 0 bridgehead atoms. The summed E-state index contributed by atoms with van der Waals surface area (Å²) in [5.74, 6) is 2.30. The van der Waals surface area contributed by atoms with Crippen molar-refractivity contribution in [1.29, 1.82) is 5.26 Å². The molecular weight excluding hydrogens is 430 g/mol. The second-order valence-corrected chi connectivity index (χ2v) is 8.64. The Labute approximate surface area is 200 Å². The molecule has 2 atom stereocenters. The van der Waals surface area contributed by atoms with Crippen LogP contribution < -0.4 is 15.4 Å². The lowest BCUT2D eigenvalue weighted by atomic mass is 9.93. The lowest BCUT2D eigenvalue weighted by Gasteiger charge is -2.27. The number of allylic oxidation sites excluding steroid dienone is 1. The van der Waals surface area contributed by atoms with E-state index >= 15 is 0 Å². The van der Waals surface area contributed by atoms with Crippen LogP contribution in [0.25, 0.3) is 10.9 Å². The van der Waals surface area contributed by atoms with Gasteiger partial charge in [-0.15, -0.1) is 6.42 Å². The maximum Gasteiger partial charge on any atom is 0.268 e. The second kappa shape index (κ2) is 11.7. The van der Waals surface area contributed by atoms with E-state index in [0.717, 1.165) is 10.9 Å². The minimum atomic E-state index is -1.24. The van der Waals surface area contributed by atoms with Gasteiger partial charge < -0.3 is 20.4 Å². The first-order valence-electron chi connectivity index (χ1n) is 10.9. The minimum Gasteiger partial charge on any atom is -0.496 e. The summed E-state index contributed by atoms with van der Waals surface area (Å²) >= 11 is 0. The number of fused-ring (bicyclic) bond motifs is 1. The van der Waals surface area contributed by atoms with Crippen molar-refractivity contribution in [3.63, 3.8) is 0 Å². The molecule has 1 heterocycles. The number of carbonyl (C=O) groups excluding carboxylic acids is 2. The maximum atomic E-state index is 13.2. The minimum absolute atomic E-state index is 0.122. The highest BCUT2D eigenvalue weighted by atomic mass is 16.5. The third-order valence-electron chi connectivity index (χ3n) is 5.18. The number of aliphatic imine (C=N–C) groups is 1. The quantitative estimate of drug-likeness (QED) is 0.371. The number of aromatic nitrogens is 1. The second-order valence-electron chi connectivity index (χ2n) is 8.64. The van der Waals surface area contributed by atoms with E-state index in [1.807, 2.05) is 32.0 Å². The molecule has 0 aliphatic carbocycles. The predicted molar refractivity (Wildman–Crippen MR) is 134 cm³/mol. The van der Waals surface area contributed by atoms with Gasteiger partial charge in [0.25, 0.3) is 5.91 Å². The van der Waals surface area contributed by atoms with E-state index in [9.17, 15) is 14.9 Å². The number of methoxy groups -OCH3 is 1. The smallest absolute Gasteiger partial charge is 0.268 e. The zero-order chi connectivity index (χ0) is 25.3. The number of aromatic amines is 1. The number of H-pyrrole nitrogens is 1. The number of hydrogen-bond donors (Lipinski definition) is 3. The van der Waals surface area contributed by atoms with Crippen LogP contribution in [0.1, 0.15) is 44.1 Å². The molecule has 2 unspecified atom stereocenters. The maximum absolute atomic E-state index is 13.2. The van der Waals surface area contributed by atoms with Crippen molar-refractivity contribution in [1.82, 2.24) is 15.6 Å². The number of nitriles is 1. The summed E-state index contributed by atoms with van der Waals surface area (Å²) in [6.45, 7) is 5.52. The number of amides is 2. The van der Waals surface area contributed by atoms with Gasteiger partial charge in [0.15, 0.2) is 0 Å². The Bertz CT molecular complexity index is 1180. The van der Waals surface area contributed by atoms with Gasteiger partial charge in [-0.2, -0.15) is 5.26 Å². The third-order valence-corrected chi connectivity index (χ3v) is 5.18. The number of nitrogens with one attached hydrogen (secondary N) is 3. The van der Waals surface area contributed by atoms with Gasteiger partial charge in [-0.25, -0.2) is 0 Å². The number of carbonyl (C=O) groups is 2. The molecule has 0 spiro atoms. The van der Waals surface area contributed by atoms with Gasteiger partial charge in [-0.1, -0.05) is 25.8 Å². The molecule has 1 aromatic carbocycles. The molecule has 2 aromatic rings. The summed E-state index contributed by atoms with van der Waals surface area (Å²) in [4.78, 5) is 33.2. The average molecular weight is 462 g/mol. The van der Waals surface area contributed by atoms with Gasteiger partial charge in [0.1, 0.15) is 23.0 Å². The first-order valence-corrected chi connectivity index (χ1v) is 10.9. The van der Waals surface area contributed by atoms with Crippen LogP contribution >= 0.6 is 0 Å². The Morgan fingerprint density at radius 2 is 2.12 bits per heavy atom. The van der Waals surface area contributed by atoms with E-state index in [4.69, 9.17) is 11.2 Å². The molecule has 8 nitrogen and oxygen atoms in total. The molecule has 2 rings (SSSR count). The summed E-state index contributed by atoms with van der Waals surface area (Å²) in [5.41, 5.74) is 0.445. The van der Waals surface area contributed by atoms with E-state index in [1.165, 1.54) is 6.08 Å². The lowest BCUT2D eigenvalue weighted by molar-refractivity contribution is -0.124. The molecule has 0 aliphatic heterocycles. The lowest BCUT2D eigenvalue weighted by Crippen LogP contribution is -2.54. The molecule has 0 aliphatic rings. The van der Waals surface area contributed by atoms with Crippen molar-refractivity contribution in [3.8, 4) is 24.2 Å². The van der Waals surface area contributed by atoms with E-state index in [-0.39, 0.29) is 12.3 Å². The summed E-state index contributed by atoms with van der Waals surface area (Å²) in [5, 5.41) is 16.1. The van der Waals surface area contributed by atoms with Crippen molar-refractivity contribution in [2.24, 2.45) is 10.9 Å². The van der Waals surface area contributed by atoms with Crippen LogP contribution in [0, 0.1) is 29.6 Å². The topological polar surface area (TPSA) is 119 Å². The van der Waals surface area contributed by atoms with Gasteiger partial charge in [0, 0.05) is 30.6 Å². The first kappa shape index (κ1) is 26.2. The molecule has 34 heavy (non-hydrogen) atoms. The summed E-state index contributed by atoms with van der Waals surface area (Å²) in [6, 6.07) is 8.46. The Balaban J connectivity index is 2.25. The van der Waals surface area contributed by atoms with E-state index in [0.29, 0.717) is 23.4 Å². The van der Waals surface area contributed by atoms with Crippen LogP contribution in [0.4, 0.5) is 0 Å². The Hall–Kier alpha value is -4.04. The Kier molecular flexibility index (Phi) is 9.03. The molecule has 8 heteroatoms. The van der Waals surface area contributed by atoms with Crippen molar-refractivity contribution < 1.29 is 14.3 Å². The van der Waals surface area contributed by atoms with E-state index in [1.54, 1.807) is 33.4 Å². The summed E-state index contributed by atoms with van der Waals surface area (Å²) in [7, 11) is 3.16. The van der Waals surface area contributed by atoms with Crippen LogP contribution in [-0.2, 0) is 4.79 Å².